The maximum atomic E-state index is 5.94. The van der Waals surface area contributed by atoms with Crippen molar-refractivity contribution in [2.75, 3.05) is 26.3 Å². The third kappa shape index (κ3) is 2.70. The fourth-order valence-electron chi connectivity index (χ4n) is 4.24. The highest BCUT2D eigenvalue weighted by Gasteiger charge is 2.51. The molecule has 6 heteroatoms. The van der Waals surface area contributed by atoms with E-state index in [9.17, 15) is 0 Å². The van der Waals surface area contributed by atoms with E-state index in [0.29, 0.717) is 11.8 Å². The number of aromatic nitrogens is 2. The Morgan fingerprint density at radius 3 is 3.04 bits per heavy atom. The zero-order valence-corrected chi connectivity index (χ0v) is 14.8. The molecule has 128 valence electrons. The van der Waals surface area contributed by atoms with Gasteiger partial charge in [-0.2, -0.15) is 0 Å². The molecule has 1 aliphatic carbocycles. The molecule has 2 atom stereocenters. The average Bonchev–Trinajstić information content (AvgIpc) is 2.85. The summed E-state index contributed by atoms with van der Waals surface area (Å²) < 4.78 is 11.8. The molecule has 2 aromatic heterocycles. The first-order chi connectivity index (χ1) is 11.7. The molecule has 4 heterocycles. The lowest BCUT2D eigenvalue weighted by molar-refractivity contribution is 0.123. The van der Waals surface area contributed by atoms with Crippen LogP contribution >= 0.6 is 11.3 Å². The molecule has 0 unspecified atom stereocenters. The molecule has 5 rings (SSSR count). The molecule has 3 aliphatic rings. The smallest absolute Gasteiger partial charge is 0.219 e. The van der Waals surface area contributed by atoms with Gasteiger partial charge in [0.15, 0.2) is 0 Å². The molecule has 0 aromatic carbocycles. The van der Waals surface area contributed by atoms with E-state index < -0.39 is 0 Å². The molecular weight excluding hydrogens is 322 g/mol. The number of fused-ring (bicyclic) bond motifs is 1. The monoisotopic (exact) mass is 345 g/mol. The van der Waals surface area contributed by atoms with Gasteiger partial charge in [0.25, 0.3) is 0 Å². The lowest BCUT2D eigenvalue weighted by Crippen LogP contribution is -2.33. The normalized spacial score (nSPS) is 30.1. The van der Waals surface area contributed by atoms with Gasteiger partial charge < -0.3 is 9.15 Å². The number of nitrogens with zero attached hydrogens (tertiary/aromatic N) is 3. The van der Waals surface area contributed by atoms with E-state index in [1.54, 1.807) is 0 Å². The summed E-state index contributed by atoms with van der Waals surface area (Å²) in [6, 6.07) is 4.48. The molecule has 2 aromatic rings. The third-order valence-electron chi connectivity index (χ3n) is 5.68. The van der Waals surface area contributed by atoms with Gasteiger partial charge in [0, 0.05) is 53.1 Å². The molecule has 0 bridgehead atoms. The lowest BCUT2D eigenvalue weighted by Gasteiger charge is -2.25. The van der Waals surface area contributed by atoms with E-state index in [2.05, 4.69) is 34.2 Å². The largest absolute Gasteiger partial charge is 0.425 e. The van der Waals surface area contributed by atoms with Crippen LogP contribution < -0.4 is 0 Å². The van der Waals surface area contributed by atoms with Crippen LogP contribution in [-0.2, 0) is 17.7 Å². The van der Waals surface area contributed by atoms with Gasteiger partial charge in [-0.1, -0.05) is 0 Å². The summed E-state index contributed by atoms with van der Waals surface area (Å²) >= 11 is 1.91. The minimum absolute atomic E-state index is 0.152. The molecule has 0 radical (unpaired) electrons. The van der Waals surface area contributed by atoms with Crippen LogP contribution in [0.3, 0.4) is 0 Å². The lowest BCUT2D eigenvalue weighted by atomic mass is 9.78. The summed E-state index contributed by atoms with van der Waals surface area (Å²) in [6.45, 7) is 7.09. The number of ether oxygens (including phenoxy) is 1. The molecule has 2 aliphatic heterocycles. The average molecular weight is 345 g/mol. The fraction of sp³-hybridized carbons (Fsp3) is 0.667. The molecule has 24 heavy (non-hydrogen) atoms. The number of aryl methyl sites for hydroxylation is 1. The zero-order valence-electron chi connectivity index (χ0n) is 14.0. The number of rotatable bonds is 5. The Labute approximate surface area is 146 Å². The highest BCUT2D eigenvalue weighted by Crippen LogP contribution is 2.45. The van der Waals surface area contributed by atoms with Gasteiger partial charge >= 0.3 is 0 Å². The second-order valence-corrected chi connectivity index (χ2v) is 9.11. The van der Waals surface area contributed by atoms with Crippen molar-refractivity contribution >= 4 is 11.3 Å². The quantitative estimate of drug-likeness (QED) is 0.834. The second kappa shape index (κ2) is 5.64. The SMILES string of the molecule is Cc1ccc(CN2C[C@@H]3COC[C@]3(Cc3nnc(C4CC4)o3)C2)s1. The van der Waals surface area contributed by atoms with Gasteiger partial charge in [-0.05, 0) is 31.9 Å². The summed E-state index contributed by atoms with van der Waals surface area (Å²) in [4.78, 5) is 5.43. The Kier molecular flexibility index (Phi) is 3.54. The van der Waals surface area contributed by atoms with Crippen molar-refractivity contribution in [3.8, 4) is 0 Å². The Morgan fingerprint density at radius 1 is 1.33 bits per heavy atom. The van der Waals surface area contributed by atoms with Crippen LogP contribution in [0.5, 0.6) is 0 Å². The topological polar surface area (TPSA) is 51.4 Å². The first-order valence-corrected chi connectivity index (χ1v) is 9.70. The van der Waals surface area contributed by atoms with Crippen molar-refractivity contribution in [3.05, 3.63) is 33.7 Å². The van der Waals surface area contributed by atoms with Crippen molar-refractivity contribution in [3.63, 3.8) is 0 Å². The maximum absolute atomic E-state index is 5.94. The van der Waals surface area contributed by atoms with Crippen LogP contribution in [0.4, 0.5) is 0 Å². The predicted molar refractivity (Wildman–Crippen MR) is 91.1 cm³/mol. The Morgan fingerprint density at radius 2 is 2.25 bits per heavy atom. The van der Waals surface area contributed by atoms with Gasteiger partial charge in [-0.25, -0.2) is 0 Å². The van der Waals surface area contributed by atoms with Crippen molar-refractivity contribution in [2.45, 2.75) is 38.6 Å². The summed E-state index contributed by atoms with van der Waals surface area (Å²) in [6.07, 6.45) is 3.26. The standard InChI is InChI=1S/C18H23N3O2S/c1-12-2-5-15(24-12)8-21-7-14-9-22-11-18(14,10-21)6-16-19-20-17(23-16)13-3-4-13/h2,5,13-14H,3-4,6-11H2,1H3/t14-,18+/m1/s1. The van der Waals surface area contributed by atoms with Gasteiger partial charge in [0.1, 0.15) is 0 Å². The van der Waals surface area contributed by atoms with E-state index in [1.165, 1.54) is 22.6 Å². The van der Waals surface area contributed by atoms with Crippen molar-refractivity contribution in [1.82, 2.24) is 15.1 Å². The fourth-order valence-corrected chi connectivity index (χ4v) is 5.17. The van der Waals surface area contributed by atoms with Crippen LogP contribution in [0.15, 0.2) is 16.5 Å². The highest BCUT2D eigenvalue weighted by atomic mass is 32.1. The van der Waals surface area contributed by atoms with E-state index >= 15 is 0 Å². The van der Waals surface area contributed by atoms with Gasteiger partial charge in [0.05, 0.1) is 13.2 Å². The van der Waals surface area contributed by atoms with Crippen molar-refractivity contribution in [1.29, 1.82) is 0 Å². The molecule has 3 fully saturated rings. The molecule has 2 saturated heterocycles. The summed E-state index contributed by atoms with van der Waals surface area (Å²) in [7, 11) is 0. The van der Waals surface area contributed by atoms with Gasteiger partial charge in [-0.15, -0.1) is 21.5 Å². The number of thiophene rings is 1. The number of hydrogen-bond acceptors (Lipinski definition) is 6. The maximum Gasteiger partial charge on any atom is 0.219 e. The molecule has 0 spiro atoms. The minimum atomic E-state index is 0.152. The van der Waals surface area contributed by atoms with Crippen molar-refractivity contribution in [2.24, 2.45) is 11.3 Å². The van der Waals surface area contributed by atoms with Crippen LogP contribution in [0.25, 0.3) is 0 Å². The molecular formula is C18H23N3O2S. The Bertz CT molecular complexity index is 738. The second-order valence-electron chi connectivity index (χ2n) is 7.74. The predicted octanol–water partition coefficient (Wildman–Crippen LogP) is 3.01. The molecule has 1 saturated carbocycles. The first kappa shape index (κ1) is 15.0. The van der Waals surface area contributed by atoms with Crippen LogP contribution in [0.2, 0.25) is 0 Å². The Balaban J connectivity index is 1.31. The third-order valence-corrected chi connectivity index (χ3v) is 6.66. The molecule has 0 amide bonds. The summed E-state index contributed by atoms with van der Waals surface area (Å²) in [5, 5.41) is 8.57. The van der Waals surface area contributed by atoms with Crippen LogP contribution in [0, 0.1) is 18.3 Å². The zero-order chi connectivity index (χ0) is 16.1. The Hall–Kier alpha value is -1.24. The molecule has 5 nitrogen and oxygen atoms in total. The summed E-state index contributed by atoms with van der Waals surface area (Å²) in [5.41, 5.74) is 0.152. The van der Waals surface area contributed by atoms with Crippen molar-refractivity contribution < 1.29 is 9.15 Å². The molecule has 0 N–H and O–H groups in total. The van der Waals surface area contributed by atoms with E-state index in [4.69, 9.17) is 9.15 Å². The number of hydrogen-bond donors (Lipinski definition) is 0. The minimum Gasteiger partial charge on any atom is -0.425 e. The van der Waals surface area contributed by atoms with E-state index in [-0.39, 0.29) is 5.41 Å². The summed E-state index contributed by atoms with van der Waals surface area (Å²) in [5.74, 6) is 2.76. The van der Waals surface area contributed by atoms with E-state index in [0.717, 1.165) is 51.1 Å². The van der Waals surface area contributed by atoms with Crippen LogP contribution in [-0.4, -0.2) is 41.4 Å². The van der Waals surface area contributed by atoms with E-state index in [1.807, 2.05) is 11.3 Å². The van der Waals surface area contributed by atoms with Gasteiger partial charge in [0.2, 0.25) is 11.8 Å². The number of likely N-dealkylation sites (tertiary alicyclic amines) is 1. The highest BCUT2D eigenvalue weighted by molar-refractivity contribution is 7.11. The first-order valence-electron chi connectivity index (χ1n) is 8.88. The van der Waals surface area contributed by atoms with Crippen LogP contribution in [0.1, 0.15) is 40.3 Å². The van der Waals surface area contributed by atoms with Gasteiger partial charge in [-0.3, -0.25) is 4.90 Å².